The van der Waals surface area contributed by atoms with Gasteiger partial charge >= 0.3 is 7.60 Å². The smallest absolute Gasteiger partial charge is 0.324 e. The summed E-state index contributed by atoms with van der Waals surface area (Å²) in [5, 5.41) is 0. The van der Waals surface area contributed by atoms with Crippen molar-refractivity contribution >= 4 is 7.60 Å². The summed E-state index contributed by atoms with van der Waals surface area (Å²) in [5.41, 5.74) is -0.648. The zero-order valence-corrected chi connectivity index (χ0v) is 6.64. The molecule has 4 heteroatoms. The molecule has 0 amide bonds. The van der Waals surface area contributed by atoms with Crippen LogP contribution < -0.4 is 0 Å². The third kappa shape index (κ3) is 3.68. The van der Waals surface area contributed by atoms with Gasteiger partial charge in [0.05, 0.1) is 5.66 Å². The molecule has 0 aromatic heterocycles. The molecule has 2 N–H and O–H groups in total. The monoisotopic (exact) mass is 161 g/mol. The maximum absolute atomic E-state index is 10.4. The highest BCUT2D eigenvalue weighted by Crippen LogP contribution is 2.42. The Kier molecular flexibility index (Phi) is 3.67. The molecule has 0 saturated heterocycles. The second-order valence-electron chi connectivity index (χ2n) is 2.15. The maximum Gasteiger partial charge on any atom is 0.328 e. The van der Waals surface area contributed by atoms with Gasteiger partial charge in [-0.15, -0.1) is 0 Å². The minimum atomic E-state index is -3.91. The molecule has 57 valence electrons. The lowest BCUT2D eigenvalue weighted by Gasteiger charge is -2.10. The first-order valence-corrected chi connectivity index (χ1v) is 4.61. The van der Waals surface area contributed by atoms with E-state index >= 15 is 0 Å². The van der Waals surface area contributed by atoms with E-state index in [2.05, 4.69) is 5.92 Å². The second-order valence-corrected chi connectivity index (χ2v) is 4.21. The van der Waals surface area contributed by atoms with Crippen LogP contribution >= 0.6 is 7.60 Å². The van der Waals surface area contributed by atoms with Crippen LogP contribution in [-0.2, 0) is 4.57 Å². The van der Waals surface area contributed by atoms with Crippen LogP contribution in [0, 0.1) is 12.3 Å². The standard InChI is InChI=1S/C6H10O3P/c1-3-4-5-6(2)10(7,8)9/h6H,4-5H2,2H3,(H2,7,8,9). The fourth-order valence-corrected chi connectivity index (χ4v) is 0.915. The molecule has 1 radical (unpaired) electrons. The Morgan fingerprint density at radius 1 is 1.70 bits per heavy atom. The Morgan fingerprint density at radius 3 is 2.50 bits per heavy atom. The average molecular weight is 161 g/mol. The van der Waals surface area contributed by atoms with E-state index in [1.807, 2.05) is 0 Å². The second kappa shape index (κ2) is 3.78. The molecule has 1 unspecified atom stereocenters. The summed E-state index contributed by atoms with van der Waals surface area (Å²) in [6.45, 7) is 1.47. The van der Waals surface area contributed by atoms with Crippen LogP contribution in [0.25, 0.3) is 0 Å². The van der Waals surface area contributed by atoms with E-state index in [4.69, 9.17) is 16.2 Å². The van der Waals surface area contributed by atoms with E-state index < -0.39 is 13.3 Å². The van der Waals surface area contributed by atoms with Crippen molar-refractivity contribution in [2.75, 3.05) is 0 Å². The summed E-state index contributed by atoms with van der Waals surface area (Å²) >= 11 is 0. The van der Waals surface area contributed by atoms with Crippen molar-refractivity contribution < 1.29 is 14.4 Å². The quantitative estimate of drug-likeness (QED) is 0.478. The molecule has 0 fully saturated rings. The Hall–Kier alpha value is -0.290. The molecule has 3 nitrogen and oxygen atoms in total. The molecular formula is C6H10O3P. The third-order valence-corrected chi connectivity index (χ3v) is 2.67. The van der Waals surface area contributed by atoms with Gasteiger partial charge in [0.25, 0.3) is 0 Å². The molecule has 0 heterocycles. The van der Waals surface area contributed by atoms with Gasteiger partial charge in [-0.2, -0.15) is 0 Å². The lowest BCUT2D eigenvalue weighted by atomic mass is 10.3. The topological polar surface area (TPSA) is 57.5 Å². The highest BCUT2D eigenvalue weighted by Gasteiger charge is 2.22. The Morgan fingerprint density at radius 2 is 2.20 bits per heavy atom. The van der Waals surface area contributed by atoms with Crippen molar-refractivity contribution in [1.29, 1.82) is 0 Å². The Labute approximate surface area is 60.6 Å². The minimum Gasteiger partial charge on any atom is -0.324 e. The highest BCUT2D eigenvalue weighted by atomic mass is 31.2. The van der Waals surface area contributed by atoms with Crippen LogP contribution in [0.1, 0.15) is 19.8 Å². The van der Waals surface area contributed by atoms with Gasteiger partial charge in [0, 0.05) is 6.42 Å². The fraction of sp³-hybridized carbons (Fsp3) is 0.667. The van der Waals surface area contributed by atoms with Crippen LogP contribution in [0.4, 0.5) is 0 Å². The van der Waals surface area contributed by atoms with E-state index in [0.717, 1.165) is 0 Å². The average Bonchev–Trinajstić information content (AvgIpc) is 1.80. The van der Waals surface area contributed by atoms with Gasteiger partial charge in [-0.3, -0.25) is 4.57 Å². The molecule has 0 aromatic rings. The van der Waals surface area contributed by atoms with E-state index in [-0.39, 0.29) is 0 Å². The number of hydrogen-bond acceptors (Lipinski definition) is 1. The van der Waals surface area contributed by atoms with Gasteiger partial charge < -0.3 is 9.79 Å². The summed E-state index contributed by atoms with van der Waals surface area (Å²) < 4.78 is 10.4. The lowest BCUT2D eigenvalue weighted by Crippen LogP contribution is -2.01. The highest BCUT2D eigenvalue weighted by molar-refractivity contribution is 7.52. The summed E-state index contributed by atoms with van der Waals surface area (Å²) in [6, 6.07) is 0. The normalized spacial score (nSPS) is 14.2. The molecule has 10 heavy (non-hydrogen) atoms. The summed E-state index contributed by atoms with van der Waals surface area (Å²) in [6.07, 6.45) is 7.14. The molecule has 0 bridgehead atoms. The lowest BCUT2D eigenvalue weighted by molar-refractivity contribution is 0.358. The van der Waals surface area contributed by atoms with Crippen molar-refractivity contribution in [2.24, 2.45) is 0 Å². The predicted molar refractivity (Wildman–Crippen MR) is 37.9 cm³/mol. The van der Waals surface area contributed by atoms with Crippen LogP contribution in [-0.4, -0.2) is 15.4 Å². The van der Waals surface area contributed by atoms with Crippen LogP contribution in [0.5, 0.6) is 0 Å². The van der Waals surface area contributed by atoms with Crippen LogP contribution in [0.3, 0.4) is 0 Å². The van der Waals surface area contributed by atoms with Crippen molar-refractivity contribution in [3.8, 4) is 5.92 Å². The molecule has 0 saturated carbocycles. The minimum absolute atomic E-state index is 0.312. The summed E-state index contributed by atoms with van der Waals surface area (Å²) in [7, 11) is -3.91. The predicted octanol–water partition coefficient (Wildman–Crippen LogP) is 0.923. The molecule has 0 aliphatic carbocycles. The Bertz CT molecular complexity index is 176. The van der Waals surface area contributed by atoms with Gasteiger partial charge in [-0.1, -0.05) is 12.8 Å². The molecule has 1 atom stereocenters. The van der Waals surface area contributed by atoms with Gasteiger partial charge in [-0.05, 0) is 12.8 Å². The number of rotatable bonds is 3. The van der Waals surface area contributed by atoms with Crippen LogP contribution in [0.2, 0.25) is 0 Å². The molecule has 0 aliphatic heterocycles. The van der Waals surface area contributed by atoms with Crippen molar-refractivity contribution in [3.05, 3.63) is 6.42 Å². The van der Waals surface area contributed by atoms with Crippen LogP contribution in [0.15, 0.2) is 0 Å². The molecular weight excluding hydrogens is 151 g/mol. The van der Waals surface area contributed by atoms with Crippen molar-refractivity contribution in [2.45, 2.75) is 25.4 Å². The van der Waals surface area contributed by atoms with E-state index in [1.165, 1.54) is 6.92 Å². The maximum atomic E-state index is 10.4. The fourth-order valence-electron chi connectivity index (χ4n) is 0.449. The third-order valence-electron chi connectivity index (χ3n) is 1.26. The van der Waals surface area contributed by atoms with E-state index in [9.17, 15) is 4.57 Å². The van der Waals surface area contributed by atoms with E-state index in [0.29, 0.717) is 12.8 Å². The van der Waals surface area contributed by atoms with Crippen molar-refractivity contribution in [3.63, 3.8) is 0 Å². The van der Waals surface area contributed by atoms with Gasteiger partial charge in [-0.25, -0.2) is 0 Å². The number of hydrogen-bond donors (Lipinski definition) is 2. The van der Waals surface area contributed by atoms with Gasteiger partial charge in [0.2, 0.25) is 0 Å². The summed E-state index contributed by atoms with van der Waals surface area (Å²) in [4.78, 5) is 17.1. The van der Waals surface area contributed by atoms with Crippen molar-refractivity contribution in [1.82, 2.24) is 0 Å². The molecule has 0 rings (SSSR count). The molecule has 0 spiro atoms. The largest absolute Gasteiger partial charge is 0.328 e. The van der Waals surface area contributed by atoms with E-state index in [1.54, 1.807) is 0 Å². The SMILES string of the molecule is [C]#CCCC(C)P(=O)(O)O. The zero-order valence-electron chi connectivity index (χ0n) is 5.74. The first kappa shape index (κ1) is 9.71. The molecule has 0 aromatic carbocycles. The first-order chi connectivity index (χ1) is 4.48. The molecule has 0 aliphatic rings. The Balaban J connectivity index is 3.77. The summed E-state index contributed by atoms with van der Waals surface area (Å²) in [5.74, 6) is 2.08. The first-order valence-electron chi connectivity index (χ1n) is 2.93. The van der Waals surface area contributed by atoms with Gasteiger partial charge in [0.1, 0.15) is 0 Å². The van der Waals surface area contributed by atoms with Gasteiger partial charge in [0.15, 0.2) is 0 Å². The zero-order chi connectivity index (χ0) is 8.20.